The number of carbonyl (C=O) groups is 1. The Balaban J connectivity index is 1.99. The molecule has 2 N–H and O–H groups in total. The van der Waals surface area contributed by atoms with Gasteiger partial charge in [0.15, 0.2) is 11.6 Å². The van der Waals surface area contributed by atoms with Gasteiger partial charge in [-0.05, 0) is 62.3 Å². The zero-order valence-electron chi connectivity index (χ0n) is 21.3. The average Bonchev–Trinajstić information content (AvgIpc) is 3.13. The van der Waals surface area contributed by atoms with Crippen LogP contribution >= 0.6 is 0 Å². The molecule has 1 saturated carbocycles. The topological polar surface area (TPSA) is 94.0 Å². The molecule has 1 amide bonds. The molecule has 188 valence electrons. The van der Waals surface area contributed by atoms with Gasteiger partial charge in [0, 0.05) is 31.1 Å². The summed E-state index contributed by atoms with van der Waals surface area (Å²) in [7, 11) is 0. The molecule has 6 nitrogen and oxygen atoms in total. The second kappa shape index (κ2) is 10.2. The minimum atomic E-state index is -0.807. The van der Waals surface area contributed by atoms with Gasteiger partial charge in [0.2, 0.25) is 0 Å². The number of aryl methyl sites for hydroxylation is 2. The van der Waals surface area contributed by atoms with Gasteiger partial charge in [-0.2, -0.15) is 0 Å². The highest BCUT2D eigenvalue weighted by atomic mass is 19.1. The third-order valence-corrected chi connectivity index (χ3v) is 7.23. The highest BCUT2D eigenvalue weighted by molar-refractivity contribution is 6.14. The van der Waals surface area contributed by atoms with E-state index in [-0.39, 0.29) is 29.1 Å². The van der Waals surface area contributed by atoms with E-state index in [1.165, 1.54) is 12.1 Å². The number of allylic oxidation sites excluding steroid dienone is 2. The van der Waals surface area contributed by atoms with Gasteiger partial charge in [-0.1, -0.05) is 26.8 Å². The van der Waals surface area contributed by atoms with Crippen molar-refractivity contribution < 1.29 is 18.0 Å². The van der Waals surface area contributed by atoms with Crippen LogP contribution in [0, 0.1) is 53.6 Å². The van der Waals surface area contributed by atoms with Crippen molar-refractivity contribution in [2.24, 2.45) is 17.3 Å². The molecule has 1 fully saturated rings. The third kappa shape index (κ3) is 4.97. The molecule has 0 saturated heterocycles. The van der Waals surface area contributed by atoms with Crippen molar-refractivity contribution in [1.29, 1.82) is 10.8 Å². The van der Waals surface area contributed by atoms with Crippen LogP contribution < -0.4 is 0 Å². The van der Waals surface area contributed by atoms with Crippen molar-refractivity contribution in [2.45, 2.75) is 54.4 Å². The van der Waals surface area contributed by atoms with Crippen molar-refractivity contribution in [1.82, 2.24) is 9.88 Å². The lowest BCUT2D eigenvalue weighted by Crippen LogP contribution is -2.51. The minimum Gasteiger partial charge on any atom is -0.445 e. The number of hydrogen-bond acceptors (Lipinski definition) is 5. The molecule has 1 aliphatic carbocycles. The van der Waals surface area contributed by atoms with Crippen LogP contribution in [0.3, 0.4) is 0 Å². The van der Waals surface area contributed by atoms with Crippen LogP contribution in [0.4, 0.5) is 8.78 Å². The highest BCUT2D eigenvalue weighted by Gasteiger charge is 2.46. The van der Waals surface area contributed by atoms with E-state index in [1.54, 1.807) is 18.7 Å². The fourth-order valence-electron chi connectivity index (χ4n) is 4.95. The number of carbonyl (C=O) groups excluding carboxylic acids is 1. The molecule has 3 rings (SSSR count). The lowest BCUT2D eigenvalue weighted by atomic mass is 9.61. The molecule has 0 bridgehead atoms. The average molecular weight is 485 g/mol. The van der Waals surface area contributed by atoms with E-state index in [9.17, 15) is 19.0 Å². The molecule has 1 aliphatic rings. The van der Waals surface area contributed by atoms with Crippen molar-refractivity contribution in [3.63, 3.8) is 0 Å². The van der Waals surface area contributed by atoms with Crippen LogP contribution in [0.5, 0.6) is 0 Å². The lowest BCUT2D eigenvalue weighted by molar-refractivity contribution is 0.0656. The van der Waals surface area contributed by atoms with Gasteiger partial charge in [-0.3, -0.25) is 4.79 Å². The first kappa shape index (κ1) is 26.4. The Hall–Kier alpha value is -3.16. The molecule has 8 heteroatoms. The summed E-state index contributed by atoms with van der Waals surface area (Å²) in [6.07, 6.45) is 2.84. The summed E-state index contributed by atoms with van der Waals surface area (Å²) in [5.41, 5.74) is -0.218. The number of benzene rings is 1. The predicted molar refractivity (Wildman–Crippen MR) is 132 cm³/mol. The quantitative estimate of drug-likeness (QED) is 0.464. The van der Waals surface area contributed by atoms with E-state index in [0.717, 1.165) is 18.6 Å². The Kier molecular flexibility index (Phi) is 7.72. The maximum atomic E-state index is 14.3. The van der Waals surface area contributed by atoms with E-state index in [1.807, 2.05) is 27.7 Å². The molecule has 0 radical (unpaired) electrons. The molecule has 35 heavy (non-hydrogen) atoms. The van der Waals surface area contributed by atoms with E-state index in [4.69, 9.17) is 9.83 Å². The molecular formula is C27H34F2N4O2. The summed E-state index contributed by atoms with van der Waals surface area (Å²) in [5.74, 6) is -1.04. The summed E-state index contributed by atoms with van der Waals surface area (Å²) in [4.78, 5) is 19.3. The van der Waals surface area contributed by atoms with Gasteiger partial charge >= 0.3 is 0 Å². The van der Waals surface area contributed by atoms with Crippen LogP contribution in [0.2, 0.25) is 0 Å². The monoisotopic (exact) mass is 484 g/mol. The maximum Gasteiger partial charge on any atom is 0.276 e. The van der Waals surface area contributed by atoms with Crippen LogP contribution in [-0.2, 0) is 0 Å². The third-order valence-electron chi connectivity index (χ3n) is 7.23. The molecule has 1 aromatic heterocycles. The van der Waals surface area contributed by atoms with E-state index < -0.39 is 22.6 Å². The fraction of sp³-hybridized carbons (Fsp3) is 0.481. The van der Waals surface area contributed by atoms with Gasteiger partial charge in [0.05, 0.1) is 11.3 Å². The zero-order valence-corrected chi connectivity index (χ0v) is 21.3. The number of hydrogen-bond donors (Lipinski definition) is 2. The number of oxazole rings is 1. The number of nitrogens with one attached hydrogen (secondary N) is 2. The van der Waals surface area contributed by atoms with Gasteiger partial charge in [-0.15, -0.1) is 0 Å². The van der Waals surface area contributed by atoms with Crippen molar-refractivity contribution in [3.8, 4) is 0 Å². The number of rotatable bonds is 7. The van der Waals surface area contributed by atoms with Crippen molar-refractivity contribution in [3.05, 3.63) is 64.4 Å². The molecule has 1 aromatic carbocycles. The summed E-state index contributed by atoms with van der Waals surface area (Å²) in [6, 6.07) is 3.51. The second-order valence-corrected chi connectivity index (χ2v) is 9.69. The predicted octanol–water partition coefficient (Wildman–Crippen LogP) is 6.12. The summed E-state index contributed by atoms with van der Waals surface area (Å²) < 4.78 is 34.1. The van der Waals surface area contributed by atoms with Gasteiger partial charge in [0.1, 0.15) is 17.4 Å². The Morgan fingerprint density at radius 3 is 2.46 bits per heavy atom. The van der Waals surface area contributed by atoms with Crippen molar-refractivity contribution in [2.75, 3.05) is 13.1 Å². The second-order valence-electron chi connectivity index (χ2n) is 9.69. The normalized spacial score (nSPS) is 21.6. The Bertz CT molecular complexity index is 1160. The number of halogens is 2. The van der Waals surface area contributed by atoms with Crippen LogP contribution in [-0.4, -0.2) is 40.3 Å². The fourth-order valence-corrected chi connectivity index (χ4v) is 4.95. The first-order valence-corrected chi connectivity index (χ1v) is 12.0. The standard InChI is InChI=1S/C27H34F2N4O2/c1-7-33(26(34)24-17(5)35-18(6)32-24)14-27(15(2)3)12-11-16(4)19(25(27)31)13-22(30)23-20(28)9-8-10-21(23)29/h8-10,13,15-16,30-31H,7,11-12,14H2,1-6H3/b19-13-,30-22?,31-25?/t16-,27+/m0/s1. The summed E-state index contributed by atoms with van der Waals surface area (Å²) >= 11 is 0. The largest absolute Gasteiger partial charge is 0.445 e. The highest BCUT2D eigenvalue weighted by Crippen LogP contribution is 2.45. The Labute approximate surface area is 205 Å². The van der Waals surface area contributed by atoms with Crippen LogP contribution in [0.25, 0.3) is 0 Å². The molecule has 0 unspecified atom stereocenters. The molecule has 1 heterocycles. The Morgan fingerprint density at radius 1 is 1.31 bits per heavy atom. The molecule has 0 spiro atoms. The molecular weight excluding hydrogens is 450 g/mol. The zero-order chi connectivity index (χ0) is 26.1. The molecule has 2 aromatic rings. The van der Waals surface area contributed by atoms with E-state index >= 15 is 0 Å². The lowest BCUT2D eigenvalue weighted by Gasteiger charge is -2.47. The van der Waals surface area contributed by atoms with Gasteiger partial charge in [-0.25, -0.2) is 13.8 Å². The maximum absolute atomic E-state index is 14.3. The smallest absolute Gasteiger partial charge is 0.276 e. The van der Waals surface area contributed by atoms with Gasteiger partial charge in [0.25, 0.3) is 5.91 Å². The first-order valence-electron chi connectivity index (χ1n) is 12.0. The van der Waals surface area contributed by atoms with E-state index in [0.29, 0.717) is 42.4 Å². The summed E-state index contributed by atoms with van der Waals surface area (Å²) in [6.45, 7) is 12.0. The minimum absolute atomic E-state index is 0.00673. The van der Waals surface area contributed by atoms with Crippen LogP contribution in [0.1, 0.15) is 68.2 Å². The molecule has 0 aliphatic heterocycles. The van der Waals surface area contributed by atoms with E-state index in [2.05, 4.69) is 4.98 Å². The van der Waals surface area contributed by atoms with Gasteiger partial charge < -0.3 is 20.1 Å². The first-order chi connectivity index (χ1) is 16.4. The van der Waals surface area contributed by atoms with Crippen LogP contribution in [0.15, 0.2) is 34.3 Å². The van der Waals surface area contributed by atoms with Crippen molar-refractivity contribution >= 4 is 17.3 Å². The summed E-state index contributed by atoms with van der Waals surface area (Å²) in [5, 5.41) is 17.6. The Morgan fingerprint density at radius 2 is 1.94 bits per heavy atom. The SMILES string of the molecule is CCN(C[C@@]1(C(C)C)CC[C@H](C)/C(=C/C(=N)c2c(F)cccc2F)C1=N)C(=O)c1nc(C)oc1C. The number of nitrogens with zero attached hydrogens (tertiary/aromatic N) is 2. The molecule has 2 atom stereocenters. The number of aromatic nitrogens is 1. The number of amides is 1.